The lowest BCUT2D eigenvalue weighted by atomic mass is 9.84. The van der Waals surface area contributed by atoms with Crippen molar-refractivity contribution in [3.63, 3.8) is 0 Å². The average molecular weight is 635 g/mol. The number of benzene rings is 6. The number of nitrogen functional groups attached to an aromatic ring is 4. The Morgan fingerprint density at radius 2 is 0.625 bits per heavy atom. The molecule has 0 aromatic heterocycles. The third-order valence-electron chi connectivity index (χ3n) is 7.23. The van der Waals surface area contributed by atoms with Crippen LogP contribution in [0.1, 0.15) is 33.4 Å². The number of aliphatic carboxylic acids is 2. The lowest BCUT2D eigenvalue weighted by molar-refractivity contribution is -0.345. The highest BCUT2D eigenvalue weighted by molar-refractivity contribution is 6.25. The smallest absolute Gasteiger partial charge is 0.108 e. The van der Waals surface area contributed by atoms with Gasteiger partial charge in [-0.05, 0) is 133 Å². The Balaban J connectivity index is 0.000000186. The molecule has 0 atom stereocenters. The second kappa shape index (κ2) is 16.5. The van der Waals surface area contributed by atoms with E-state index >= 15 is 0 Å². The zero-order valence-electron chi connectivity index (χ0n) is 26.0. The Labute approximate surface area is 279 Å². The molecule has 6 aromatic carbocycles. The monoisotopic (exact) mass is 634 g/mol. The van der Waals surface area contributed by atoms with E-state index in [1.54, 1.807) is 0 Å². The number of carbonyl (C=O) groups is 2. The minimum atomic E-state index is -2.19. The van der Waals surface area contributed by atoms with E-state index in [-0.39, 0.29) is 0 Å². The second-order valence-corrected chi connectivity index (χ2v) is 10.4. The molecule has 238 valence electrons. The van der Waals surface area contributed by atoms with Gasteiger partial charge in [0.1, 0.15) is 11.4 Å². The summed E-state index contributed by atoms with van der Waals surface area (Å²) in [6.45, 7) is 0. The Kier molecular flexibility index (Phi) is 11.7. The highest BCUT2D eigenvalue weighted by atomic mass is 16.4. The molecule has 0 unspecified atom stereocenters. The molecule has 0 saturated carbocycles. The van der Waals surface area contributed by atoms with Crippen LogP contribution in [0.3, 0.4) is 0 Å². The van der Waals surface area contributed by atoms with E-state index in [9.17, 15) is 0 Å². The molecule has 8 nitrogen and oxygen atoms in total. The Morgan fingerprint density at radius 1 is 0.375 bits per heavy atom. The summed E-state index contributed by atoms with van der Waals surface area (Å²) in [5.41, 5.74) is 33.3. The summed E-state index contributed by atoms with van der Waals surface area (Å²) in [5.74, 6) is -2.17. The maximum absolute atomic E-state index is 8.93. The number of nitrogens with two attached hydrogens (primary N) is 4. The highest BCUT2D eigenvalue weighted by Gasteiger charge is 2.26. The minimum Gasteiger partial charge on any atom is -0.543 e. The van der Waals surface area contributed by atoms with Gasteiger partial charge < -0.3 is 42.7 Å². The van der Waals surface area contributed by atoms with Gasteiger partial charge in [0.2, 0.25) is 0 Å². The van der Waals surface area contributed by atoms with Crippen LogP contribution in [0.5, 0.6) is 0 Å². The first-order chi connectivity index (χ1) is 23.2. The van der Waals surface area contributed by atoms with Crippen LogP contribution < -0.4 is 33.1 Å². The minimum absolute atomic E-state index is 0.608. The predicted molar refractivity (Wildman–Crippen MR) is 187 cm³/mol. The van der Waals surface area contributed by atoms with Crippen LogP contribution in [0, 0.1) is 11.8 Å². The first kappa shape index (κ1) is 34.1. The van der Waals surface area contributed by atoms with E-state index in [1.807, 2.05) is 109 Å². The van der Waals surface area contributed by atoms with Crippen molar-refractivity contribution in [2.75, 3.05) is 22.9 Å². The fourth-order valence-electron chi connectivity index (χ4n) is 4.98. The van der Waals surface area contributed by atoms with E-state index < -0.39 is 11.9 Å². The zero-order chi connectivity index (χ0) is 34.5. The molecule has 0 fully saturated rings. The fourth-order valence-corrected chi connectivity index (χ4v) is 4.98. The summed E-state index contributed by atoms with van der Waals surface area (Å²) in [6.07, 6.45) is 0. The lowest BCUT2D eigenvalue weighted by Crippen LogP contribution is -2.42. The van der Waals surface area contributed by atoms with Gasteiger partial charge in [0.05, 0.1) is 68.5 Å². The van der Waals surface area contributed by atoms with E-state index in [0.717, 1.165) is 45.2 Å². The van der Waals surface area contributed by atoms with E-state index in [1.165, 1.54) is 0 Å². The Bertz CT molecular complexity index is 1700. The number of carboxylic acid groups (broad SMARTS) is 2. The molecule has 8 N–H and O–H groups in total. The third-order valence-corrected chi connectivity index (χ3v) is 7.23. The van der Waals surface area contributed by atoms with Crippen molar-refractivity contribution in [1.82, 2.24) is 0 Å². The highest BCUT2D eigenvalue weighted by Crippen LogP contribution is 2.37. The number of rotatable bonds is 6. The van der Waals surface area contributed by atoms with E-state index in [2.05, 4.69) is 48.5 Å². The third kappa shape index (κ3) is 8.68. The standard InChI is InChI=1S/2C19H17N2.C2H2O4/c2*20-17-13-7-12-16(19(17)21)18(14-8-3-1-4-9-14)15-10-5-2-6-11-15;3-1(4)2(5)6/h2*1-13H,20-21H2;(H,3,4)(H,5,6)/q2*+1;/p-2. The maximum Gasteiger partial charge on any atom is 0.108 e. The molecule has 6 rings (SSSR count). The van der Waals surface area contributed by atoms with Crippen molar-refractivity contribution in [2.24, 2.45) is 0 Å². The van der Waals surface area contributed by atoms with Gasteiger partial charge in [-0.2, -0.15) is 0 Å². The molecule has 0 saturated heterocycles. The van der Waals surface area contributed by atoms with Crippen LogP contribution in [0.25, 0.3) is 0 Å². The first-order valence-electron chi connectivity index (χ1n) is 14.9. The first-order valence-corrected chi connectivity index (χ1v) is 14.9. The molecular weight excluding hydrogens is 600 g/mol. The van der Waals surface area contributed by atoms with Crippen molar-refractivity contribution < 1.29 is 19.8 Å². The van der Waals surface area contributed by atoms with Crippen molar-refractivity contribution >= 4 is 34.7 Å². The number of carboxylic acids is 2. The summed E-state index contributed by atoms with van der Waals surface area (Å²) in [4.78, 5) is 17.9. The van der Waals surface area contributed by atoms with Gasteiger partial charge >= 0.3 is 0 Å². The van der Waals surface area contributed by atoms with Crippen molar-refractivity contribution in [3.8, 4) is 0 Å². The van der Waals surface area contributed by atoms with Gasteiger partial charge in [-0.25, -0.2) is 0 Å². The SMILES string of the molecule is Nc1cccc([C+](c2ccccc2)c2ccccc2)c1N.Nc1cccc([C+](c2ccccc2)c2ccccc2)c1N.O=C([O-])C(=O)[O-]. The van der Waals surface area contributed by atoms with E-state index in [4.69, 9.17) is 42.7 Å². The maximum atomic E-state index is 8.93. The van der Waals surface area contributed by atoms with Gasteiger partial charge in [-0.3, -0.25) is 0 Å². The fraction of sp³-hybridized carbons (Fsp3) is 0. The molecule has 8 heteroatoms. The summed E-state index contributed by atoms with van der Waals surface area (Å²) >= 11 is 0. The van der Waals surface area contributed by atoms with E-state index in [0.29, 0.717) is 22.7 Å². The quantitative estimate of drug-likeness (QED) is 0.0908. The van der Waals surface area contributed by atoms with Crippen LogP contribution >= 0.6 is 0 Å². The topological polar surface area (TPSA) is 184 Å². The Hall–Kier alpha value is -6.80. The van der Waals surface area contributed by atoms with Gasteiger partial charge in [-0.15, -0.1) is 0 Å². The summed E-state index contributed by atoms with van der Waals surface area (Å²) < 4.78 is 0. The van der Waals surface area contributed by atoms with Gasteiger partial charge in [0.15, 0.2) is 0 Å². The molecule has 0 amide bonds. The molecule has 0 aliphatic heterocycles. The van der Waals surface area contributed by atoms with Crippen LogP contribution in [0.2, 0.25) is 0 Å². The number of carbonyl (C=O) groups excluding carboxylic acids is 2. The number of para-hydroxylation sites is 2. The molecule has 48 heavy (non-hydrogen) atoms. The molecule has 0 radical (unpaired) electrons. The summed E-state index contributed by atoms with van der Waals surface area (Å²) in [5, 5.41) is 17.9. The van der Waals surface area contributed by atoms with Crippen LogP contribution in [-0.4, -0.2) is 11.9 Å². The molecule has 0 aliphatic rings. The van der Waals surface area contributed by atoms with Crippen molar-refractivity contribution in [2.45, 2.75) is 0 Å². The number of hydrogen-bond acceptors (Lipinski definition) is 8. The molecule has 0 bridgehead atoms. The molecule has 0 heterocycles. The van der Waals surface area contributed by atoms with Crippen LogP contribution in [0.4, 0.5) is 22.7 Å². The second-order valence-electron chi connectivity index (χ2n) is 10.4. The molecule has 6 aromatic rings. The van der Waals surface area contributed by atoms with Crippen LogP contribution in [-0.2, 0) is 9.59 Å². The Morgan fingerprint density at radius 3 is 0.854 bits per heavy atom. The summed E-state index contributed by atoms with van der Waals surface area (Å²) in [7, 11) is 0. The van der Waals surface area contributed by atoms with Gasteiger partial charge in [0, 0.05) is 0 Å². The predicted octanol–water partition coefficient (Wildman–Crippen LogP) is 4.23. The molecule has 0 spiro atoms. The normalized spacial score (nSPS) is 9.92. The summed E-state index contributed by atoms with van der Waals surface area (Å²) in [6, 6.07) is 52.5. The zero-order valence-corrected chi connectivity index (χ0v) is 26.0. The van der Waals surface area contributed by atoms with Gasteiger partial charge in [0.25, 0.3) is 0 Å². The average Bonchev–Trinajstić information content (AvgIpc) is 3.11. The number of anilines is 4. The molecular formula is C40H34N4O4. The van der Waals surface area contributed by atoms with Crippen molar-refractivity contribution in [1.29, 1.82) is 0 Å². The van der Waals surface area contributed by atoms with Gasteiger partial charge in [-0.1, -0.05) is 24.3 Å². The van der Waals surface area contributed by atoms with Crippen LogP contribution in [0.15, 0.2) is 158 Å². The molecule has 0 aliphatic carbocycles. The largest absolute Gasteiger partial charge is 0.543 e. The van der Waals surface area contributed by atoms with Crippen molar-refractivity contribution in [3.05, 3.63) is 203 Å². The number of hydrogen-bond donors (Lipinski definition) is 4. The lowest BCUT2D eigenvalue weighted by Gasteiger charge is -2.15.